The molecule has 0 atom stereocenters. The van der Waals surface area contributed by atoms with Crippen molar-refractivity contribution in [3.05, 3.63) is 89.2 Å². The number of nitrogens with one attached hydrogen (secondary N) is 3. The van der Waals surface area contributed by atoms with Crippen molar-refractivity contribution >= 4 is 27.7 Å². The van der Waals surface area contributed by atoms with Crippen molar-refractivity contribution in [1.29, 1.82) is 0 Å². The lowest BCUT2D eigenvalue weighted by Gasteiger charge is -2.09. The number of methoxy groups -OCH3 is 2. The molecule has 0 spiro atoms. The van der Waals surface area contributed by atoms with Crippen molar-refractivity contribution < 1.29 is 32.3 Å². The molecule has 1 aromatic heterocycles. The molecule has 0 fully saturated rings. The molecule has 200 valence electrons. The van der Waals surface area contributed by atoms with Crippen LogP contribution >= 0.6 is 0 Å². The molecule has 1 heterocycles. The van der Waals surface area contributed by atoms with Gasteiger partial charge in [0.05, 0.1) is 24.2 Å². The van der Waals surface area contributed by atoms with Gasteiger partial charge in [-0.3, -0.25) is 19.4 Å². The molecule has 3 amide bonds. The van der Waals surface area contributed by atoms with E-state index >= 15 is 0 Å². The van der Waals surface area contributed by atoms with Crippen LogP contribution in [0.2, 0.25) is 0 Å². The topological polar surface area (TPSA) is 153 Å². The van der Waals surface area contributed by atoms with Crippen LogP contribution in [0.5, 0.6) is 5.75 Å². The molecule has 11 nitrogen and oxygen atoms in total. The molecule has 0 aliphatic heterocycles. The standard InChI is InChI=1S/C26H28N4O7S/c1-36-16-15-28-26(33)23-12-7-20(17-29-23)25(32)30-38(34,35)22-10-5-19(6-11-22)24(31)27-14-13-18-3-8-21(37-2)9-4-18/h3-12,17H,13-16H2,1-2H3,(H,27,31)(H,28,33)(H,30,32). The molecular formula is C26H28N4O7S. The Morgan fingerprint density at radius 2 is 1.45 bits per heavy atom. The van der Waals surface area contributed by atoms with Gasteiger partial charge >= 0.3 is 0 Å². The Labute approximate surface area is 220 Å². The number of rotatable bonds is 12. The minimum Gasteiger partial charge on any atom is -0.497 e. The Bertz CT molecular complexity index is 1360. The summed E-state index contributed by atoms with van der Waals surface area (Å²) < 4.78 is 37.2. The molecule has 2 aromatic carbocycles. The van der Waals surface area contributed by atoms with E-state index in [1.807, 2.05) is 29.0 Å². The van der Waals surface area contributed by atoms with E-state index in [9.17, 15) is 22.8 Å². The average Bonchev–Trinajstić information content (AvgIpc) is 2.93. The fraction of sp³-hybridized carbons (Fsp3) is 0.231. The van der Waals surface area contributed by atoms with Crippen LogP contribution in [0.1, 0.15) is 36.8 Å². The summed E-state index contributed by atoms with van der Waals surface area (Å²) in [6.07, 6.45) is 1.72. The molecule has 0 saturated carbocycles. The van der Waals surface area contributed by atoms with Crippen LogP contribution in [0.3, 0.4) is 0 Å². The molecular weight excluding hydrogens is 512 g/mol. The second-order valence-corrected chi connectivity index (χ2v) is 9.68. The highest BCUT2D eigenvalue weighted by Crippen LogP contribution is 2.13. The fourth-order valence-corrected chi connectivity index (χ4v) is 4.23. The number of nitrogens with zero attached hydrogens (tertiary/aromatic N) is 1. The van der Waals surface area contributed by atoms with E-state index in [-0.39, 0.29) is 27.6 Å². The van der Waals surface area contributed by atoms with Gasteiger partial charge in [0, 0.05) is 32.0 Å². The molecule has 3 N–H and O–H groups in total. The summed E-state index contributed by atoms with van der Waals surface area (Å²) in [7, 11) is -1.12. The van der Waals surface area contributed by atoms with Crippen LogP contribution in [-0.2, 0) is 21.2 Å². The molecule has 0 aliphatic rings. The summed E-state index contributed by atoms with van der Waals surface area (Å²) >= 11 is 0. The van der Waals surface area contributed by atoms with Gasteiger partial charge in [-0.1, -0.05) is 12.1 Å². The van der Waals surface area contributed by atoms with E-state index in [0.29, 0.717) is 26.1 Å². The highest BCUT2D eigenvalue weighted by atomic mass is 32.2. The summed E-state index contributed by atoms with van der Waals surface area (Å²) in [6, 6.07) is 15.3. The Hall–Kier alpha value is -4.29. The smallest absolute Gasteiger partial charge is 0.269 e. The molecule has 0 bridgehead atoms. The van der Waals surface area contributed by atoms with Crippen molar-refractivity contribution in [2.45, 2.75) is 11.3 Å². The van der Waals surface area contributed by atoms with Crippen LogP contribution in [0, 0.1) is 0 Å². The molecule has 3 aromatic rings. The average molecular weight is 541 g/mol. The maximum absolute atomic E-state index is 12.7. The van der Waals surface area contributed by atoms with Gasteiger partial charge in [0.1, 0.15) is 11.4 Å². The van der Waals surface area contributed by atoms with Gasteiger partial charge < -0.3 is 20.1 Å². The highest BCUT2D eigenvalue weighted by molar-refractivity contribution is 7.90. The third kappa shape index (κ3) is 7.85. The summed E-state index contributed by atoms with van der Waals surface area (Å²) in [5, 5.41) is 5.37. The monoisotopic (exact) mass is 540 g/mol. The first-order chi connectivity index (χ1) is 18.2. The zero-order chi connectivity index (χ0) is 27.5. The number of amides is 3. The third-order valence-electron chi connectivity index (χ3n) is 5.36. The maximum Gasteiger partial charge on any atom is 0.269 e. The number of aromatic nitrogens is 1. The van der Waals surface area contributed by atoms with Crippen LogP contribution in [0.25, 0.3) is 0 Å². The zero-order valence-electron chi connectivity index (χ0n) is 20.9. The molecule has 12 heteroatoms. The number of hydrogen-bond acceptors (Lipinski definition) is 8. The van der Waals surface area contributed by atoms with E-state index in [2.05, 4.69) is 15.6 Å². The Balaban J connectivity index is 1.54. The van der Waals surface area contributed by atoms with Crippen molar-refractivity contribution in [1.82, 2.24) is 20.3 Å². The first kappa shape index (κ1) is 28.3. The number of ether oxygens (including phenoxy) is 2. The van der Waals surface area contributed by atoms with Gasteiger partial charge in [0.25, 0.3) is 27.7 Å². The van der Waals surface area contributed by atoms with Crippen LogP contribution in [0.15, 0.2) is 71.8 Å². The Kier molecular flexibility index (Phi) is 9.91. The van der Waals surface area contributed by atoms with Crippen molar-refractivity contribution in [3.8, 4) is 5.75 Å². The molecule has 0 saturated heterocycles. The summed E-state index contributed by atoms with van der Waals surface area (Å²) in [4.78, 5) is 40.6. The van der Waals surface area contributed by atoms with Crippen LogP contribution in [-0.4, -0.2) is 65.0 Å². The van der Waals surface area contributed by atoms with Crippen LogP contribution < -0.4 is 20.1 Å². The minimum atomic E-state index is -4.21. The number of hydrogen-bond donors (Lipinski definition) is 3. The minimum absolute atomic E-state index is 0.0464. The highest BCUT2D eigenvalue weighted by Gasteiger charge is 2.20. The largest absolute Gasteiger partial charge is 0.497 e. The quantitative estimate of drug-likeness (QED) is 0.293. The van der Waals surface area contributed by atoms with Gasteiger partial charge in [-0.2, -0.15) is 0 Å². The van der Waals surface area contributed by atoms with Gasteiger partial charge in [-0.15, -0.1) is 0 Å². The number of carbonyl (C=O) groups is 3. The van der Waals surface area contributed by atoms with Crippen molar-refractivity contribution in [3.63, 3.8) is 0 Å². The van der Waals surface area contributed by atoms with E-state index in [1.165, 1.54) is 43.5 Å². The number of pyridine rings is 1. The van der Waals surface area contributed by atoms with Crippen LogP contribution in [0.4, 0.5) is 0 Å². The van der Waals surface area contributed by atoms with E-state index < -0.39 is 21.8 Å². The van der Waals surface area contributed by atoms with Crippen molar-refractivity contribution in [2.24, 2.45) is 0 Å². The van der Waals surface area contributed by atoms with Gasteiger partial charge in [0.15, 0.2) is 0 Å². The van der Waals surface area contributed by atoms with Gasteiger partial charge in [-0.25, -0.2) is 13.1 Å². The summed E-state index contributed by atoms with van der Waals surface area (Å²) in [5.74, 6) is -0.975. The number of sulfonamides is 1. The number of carbonyl (C=O) groups excluding carboxylic acids is 3. The van der Waals surface area contributed by atoms with E-state index in [4.69, 9.17) is 9.47 Å². The molecule has 38 heavy (non-hydrogen) atoms. The molecule has 0 aliphatic carbocycles. The maximum atomic E-state index is 12.7. The fourth-order valence-electron chi connectivity index (χ4n) is 3.26. The lowest BCUT2D eigenvalue weighted by atomic mass is 10.1. The van der Waals surface area contributed by atoms with Gasteiger partial charge in [-0.05, 0) is 60.5 Å². The zero-order valence-corrected chi connectivity index (χ0v) is 21.7. The Morgan fingerprint density at radius 1 is 0.789 bits per heavy atom. The third-order valence-corrected chi connectivity index (χ3v) is 6.71. The SMILES string of the molecule is COCCNC(=O)c1ccc(C(=O)NS(=O)(=O)c2ccc(C(=O)NCCc3ccc(OC)cc3)cc2)cn1. The van der Waals surface area contributed by atoms with E-state index in [0.717, 1.165) is 17.5 Å². The first-order valence-electron chi connectivity index (χ1n) is 11.5. The molecule has 3 rings (SSSR count). The second kappa shape index (κ2) is 13.3. The predicted molar refractivity (Wildman–Crippen MR) is 139 cm³/mol. The van der Waals surface area contributed by atoms with Crippen molar-refractivity contribution in [2.75, 3.05) is 33.9 Å². The molecule has 0 radical (unpaired) electrons. The summed E-state index contributed by atoms with van der Waals surface area (Å²) in [6.45, 7) is 1.02. The second-order valence-electron chi connectivity index (χ2n) is 7.99. The van der Waals surface area contributed by atoms with E-state index in [1.54, 1.807) is 7.11 Å². The summed E-state index contributed by atoms with van der Waals surface area (Å²) in [5.41, 5.74) is 1.32. The lowest BCUT2D eigenvalue weighted by molar-refractivity contribution is 0.0927. The normalized spacial score (nSPS) is 10.9. The first-order valence-corrected chi connectivity index (χ1v) is 13.0. The Morgan fingerprint density at radius 3 is 2.05 bits per heavy atom. The molecule has 0 unspecified atom stereocenters. The van der Waals surface area contributed by atoms with Gasteiger partial charge in [0.2, 0.25) is 0 Å². The number of benzene rings is 2. The lowest BCUT2D eigenvalue weighted by Crippen LogP contribution is -2.31. The predicted octanol–water partition coefficient (Wildman–Crippen LogP) is 1.56.